The molecule has 1 aromatic carbocycles. The van der Waals surface area contributed by atoms with E-state index in [2.05, 4.69) is 15.9 Å². The first-order valence-electron chi connectivity index (χ1n) is 4.92. The van der Waals surface area contributed by atoms with Crippen molar-refractivity contribution >= 4 is 21.6 Å². The zero-order chi connectivity index (χ0) is 11.4. The van der Waals surface area contributed by atoms with Crippen LogP contribution in [0.5, 0.6) is 0 Å². The molecule has 0 saturated heterocycles. The summed E-state index contributed by atoms with van der Waals surface area (Å²) in [6.45, 7) is 2.70. The highest BCUT2D eigenvalue weighted by molar-refractivity contribution is 9.10. The Morgan fingerprint density at radius 1 is 1.53 bits per heavy atom. The van der Waals surface area contributed by atoms with E-state index in [1.165, 1.54) is 6.07 Å². The maximum atomic E-state index is 13.5. The Labute approximate surface area is 98.4 Å². The normalized spacial score (nSPS) is 12.6. The van der Waals surface area contributed by atoms with Crippen molar-refractivity contribution in [1.82, 2.24) is 0 Å². The molecule has 0 aliphatic heterocycles. The van der Waals surface area contributed by atoms with Gasteiger partial charge in [-0.2, -0.15) is 0 Å². The van der Waals surface area contributed by atoms with Crippen molar-refractivity contribution in [2.75, 3.05) is 18.5 Å². The molecule has 84 valence electrons. The van der Waals surface area contributed by atoms with E-state index >= 15 is 0 Å². The minimum atomic E-state index is -0.203. The first-order chi connectivity index (χ1) is 7.00. The van der Waals surface area contributed by atoms with Crippen LogP contribution in [0.4, 0.5) is 10.1 Å². The maximum absolute atomic E-state index is 13.5. The lowest BCUT2D eigenvalue weighted by Gasteiger charge is -2.21. The topological polar surface area (TPSA) is 29.3 Å². The second-order valence-electron chi connectivity index (χ2n) is 3.78. The van der Waals surface area contributed by atoms with Crippen molar-refractivity contribution in [2.24, 2.45) is 5.73 Å². The largest absolute Gasteiger partial charge is 0.372 e. The SMILES string of the molecule is CC(N)CCN(C)c1cc(Br)ccc1F. The summed E-state index contributed by atoms with van der Waals surface area (Å²) in [5.41, 5.74) is 6.26. The van der Waals surface area contributed by atoms with Gasteiger partial charge in [-0.1, -0.05) is 15.9 Å². The van der Waals surface area contributed by atoms with Crippen LogP contribution in [0.2, 0.25) is 0 Å². The smallest absolute Gasteiger partial charge is 0.146 e. The first-order valence-corrected chi connectivity index (χ1v) is 5.71. The molecule has 1 unspecified atom stereocenters. The van der Waals surface area contributed by atoms with E-state index in [0.29, 0.717) is 5.69 Å². The van der Waals surface area contributed by atoms with Crippen molar-refractivity contribution in [3.63, 3.8) is 0 Å². The molecule has 0 amide bonds. The summed E-state index contributed by atoms with van der Waals surface area (Å²) in [4.78, 5) is 1.88. The van der Waals surface area contributed by atoms with Gasteiger partial charge in [0.05, 0.1) is 5.69 Å². The molecule has 0 aromatic heterocycles. The number of nitrogens with zero attached hydrogens (tertiary/aromatic N) is 1. The Balaban J connectivity index is 2.72. The number of nitrogens with two attached hydrogens (primary N) is 1. The summed E-state index contributed by atoms with van der Waals surface area (Å²) >= 11 is 3.33. The molecule has 0 heterocycles. The highest BCUT2D eigenvalue weighted by atomic mass is 79.9. The number of hydrogen-bond donors (Lipinski definition) is 1. The molecule has 0 aliphatic carbocycles. The molecule has 2 N–H and O–H groups in total. The fourth-order valence-electron chi connectivity index (χ4n) is 1.30. The predicted octanol–water partition coefficient (Wildman–Crippen LogP) is 2.76. The van der Waals surface area contributed by atoms with Gasteiger partial charge in [0.25, 0.3) is 0 Å². The standard InChI is InChI=1S/C11H16BrFN2/c1-8(14)5-6-15(2)11-7-9(12)3-4-10(11)13/h3-4,7-8H,5-6,14H2,1-2H3. The van der Waals surface area contributed by atoms with Gasteiger partial charge < -0.3 is 10.6 Å². The van der Waals surface area contributed by atoms with Crippen LogP contribution in [0.1, 0.15) is 13.3 Å². The zero-order valence-electron chi connectivity index (χ0n) is 9.00. The van der Waals surface area contributed by atoms with Gasteiger partial charge in [-0.15, -0.1) is 0 Å². The fraction of sp³-hybridized carbons (Fsp3) is 0.455. The van der Waals surface area contributed by atoms with E-state index in [1.807, 2.05) is 18.9 Å². The lowest BCUT2D eigenvalue weighted by molar-refractivity contribution is 0.610. The fourth-order valence-corrected chi connectivity index (χ4v) is 1.65. The van der Waals surface area contributed by atoms with Gasteiger partial charge in [-0.25, -0.2) is 4.39 Å². The zero-order valence-corrected chi connectivity index (χ0v) is 10.6. The summed E-state index contributed by atoms with van der Waals surface area (Å²) in [5, 5.41) is 0. The Morgan fingerprint density at radius 3 is 2.80 bits per heavy atom. The van der Waals surface area contributed by atoms with Gasteiger partial charge in [0.1, 0.15) is 5.82 Å². The third-order valence-corrected chi connectivity index (χ3v) is 2.73. The third-order valence-electron chi connectivity index (χ3n) is 2.24. The van der Waals surface area contributed by atoms with Crippen LogP contribution < -0.4 is 10.6 Å². The van der Waals surface area contributed by atoms with E-state index < -0.39 is 0 Å². The van der Waals surface area contributed by atoms with E-state index in [4.69, 9.17) is 5.73 Å². The number of rotatable bonds is 4. The Bertz CT molecular complexity index is 328. The average Bonchev–Trinajstić information content (AvgIpc) is 2.18. The quantitative estimate of drug-likeness (QED) is 0.915. The minimum Gasteiger partial charge on any atom is -0.372 e. The van der Waals surface area contributed by atoms with Crippen LogP contribution >= 0.6 is 15.9 Å². The van der Waals surface area contributed by atoms with Gasteiger partial charge in [-0.05, 0) is 31.5 Å². The van der Waals surface area contributed by atoms with E-state index in [-0.39, 0.29) is 11.9 Å². The van der Waals surface area contributed by atoms with E-state index in [9.17, 15) is 4.39 Å². The predicted molar refractivity (Wildman–Crippen MR) is 65.6 cm³/mol. The monoisotopic (exact) mass is 274 g/mol. The maximum Gasteiger partial charge on any atom is 0.146 e. The van der Waals surface area contributed by atoms with Crippen LogP contribution in [0.15, 0.2) is 22.7 Å². The number of hydrogen-bond acceptors (Lipinski definition) is 2. The molecule has 0 bridgehead atoms. The van der Waals surface area contributed by atoms with Gasteiger partial charge in [0.15, 0.2) is 0 Å². The summed E-state index contributed by atoms with van der Waals surface area (Å²) in [5.74, 6) is -0.203. The molecule has 2 nitrogen and oxygen atoms in total. The number of halogens is 2. The first kappa shape index (κ1) is 12.5. The molecular formula is C11H16BrFN2. The second-order valence-corrected chi connectivity index (χ2v) is 4.70. The summed E-state index contributed by atoms with van der Waals surface area (Å²) in [6, 6.07) is 5.07. The van der Waals surface area contributed by atoms with Crippen molar-refractivity contribution in [3.8, 4) is 0 Å². The molecule has 0 spiro atoms. The van der Waals surface area contributed by atoms with Crippen molar-refractivity contribution < 1.29 is 4.39 Å². The van der Waals surface area contributed by atoms with Crippen molar-refractivity contribution in [1.29, 1.82) is 0 Å². The lowest BCUT2D eigenvalue weighted by Crippen LogP contribution is -2.26. The highest BCUT2D eigenvalue weighted by Crippen LogP contribution is 2.23. The van der Waals surface area contributed by atoms with Gasteiger partial charge in [0.2, 0.25) is 0 Å². The summed E-state index contributed by atoms with van der Waals surface area (Å²) in [7, 11) is 1.87. The van der Waals surface area contributed by atoms with Gasteiger partial charge in [0, 0.05) is 24.1 Å². The average molecular weight is 275 g/mol. The molecule has 1 aromatic rings. The Morgan fingerprint density at radius 2 is 2.20 bits per heavy atom. The Kier molecular flexibility index (Phi) is 4.54. The molecule has 4 heteroatoms. The highest BCUT2D eigenvalue weighted by Gasteiger charge is 2.08. The number of anilines is 1. The van der Waals surface area contributed by atoms with Crippen LogP contribution in [-0.4, -0.2) is 19.6 Å². The molecule has 0 aliphatic rings. The molecule has 0 saturated carbocycles. The number of benzene rings is 1. The third kappa shape index (κ3) is 3.80. The Hall–Kier alpha value is -0.610. The summed E-state index contributed by atoms with van der Waals surface area (Å²) < 4.78 is 14.3. The van der Waals surface area contributed by atoms with Crippen LogP contribution in [0.25, 0.3) is 0 Å². The molecule has 15 heavy (non-hydrogen) atoms. The minimum absolute atomic E-state index is 0.141. The molecule has 0 fully saturated rings. The lowest BCUT2D eigenvalue weighted by atomic mass is 10.2. The van der Waals surface area contributed by atoms with Crippen LogP contribution in [0, 0.1) is 5.82 Å². The van der Waals surface area contributed by atoms with E-state index in [1.54, 1.807) is 12.1 Å². The van der Waals surface area contributed by atoms with E-state index in [0.717, 1.165) is 17.4 Å². The molecular weight excluding hydrogens is 259 g/mol. The second kappa shape index (κ2) is 5.47. The van der Waals surface area contributed by atoms with Gasteiger partial charge in [-0.3, -0.25) is 0 Å². The van der Waals surface area contributed by atoms with Crippen molar-refractivity contribution in [3.05, 3.63) is 28.5 Å². The van der Waals surface area contributed by atoms with Crippen LogP contribution in [0.3, 0.4) is 0 Å². The van der Waals surface area contributed by atoms with Gasteiger partial charge >= 0.3 is 0 Å². The molecule has 1 rings (SSSR count). The molecule has 1 atom stereocenters. The van der Waals surface area contributed by atoms with Crippen molar-refractivity contribution in [2.45, 2.75) is 19.4 Å². The molecule has 0 radical (unpaired) electrons. The van der Waals surface area contributed by atoms with Crippen LogP contribution in [-0.2, 0) is 0 Å². The summed E-state index contributed by atoms with van der Waals surface area (Å²) in [6.07, 6.45) is 0.850.